The Morgan fingerprint density at radius 2 is 2.14 bits per heavy atom. The minimum atomic E-state index is -4.46. The molecule has 1 aromatic carbocycles. The Hall–Kier alpha value is -1.84. The lowest BCUT2D eigenvalue weighted by atomic mass is 10.2. The number of benzene rings is 1. The third-order valence-electron chi connectivity index (χ3n) is 3.15. The SMILES string of the molecule is O=C1C(Nc2ccc(Br)cc2[N+](=O)[O-])CCN1CC(F)(F)F. The van der Waals surface area contributed by atoms with Crippen LogP contribution in [-0.4, -0.2) is 41.0 Å². The summed E-state index contributed by atoms with van der Waals surface area (Å²) in [6.45, 7) is -1.35. The molecule has 0 bridgehead atoms. The molecular weight excluding hydrogens is 371 g/mol. The Morgan fingerprint density at radius 1 is 1.45 bits per heavy atom. The molecule has 1 aromatic rings. The summed E-state index contributed by atoms with van der Waals surface area (Å²) in [6, 6.07) is 3.31. The smallest absolute Gasteiger partial charge is 0.368 e. The highest BCUT2D eigenvalue weighted by Gasteiger charge is 2.39. The van der Waals surface area contributed by atoms with Crippen LogP contribution in [0.4, 0.5) is 24.5 Å². The van der Waals surface area contributed by atoms with Crippen LogP contribution < -0.4 is 5.32 Å². The van der Waals surface area contributed by atoms with Crippen molar-refractivity contribution in [2.24, 2.45) is 0 Å². The van der Waals surface area contributed by atoms with Gasteiger partial charge >= 0.3 is 6.18 Å². The molecule has 2 rings (SSSR count). The van der Waals surface area contributed by atoms with Gasteiger partial charge in [-0.3, -0.25) is 14.9 Å². The zero-order chi connectivity index (χ0) is 16.5. The standard InChI is InChI=1S/C12H11BrF3N3O3/c13-7-1-2-8(10(5-7)19(21)22)17-9-3-4-18(11(9)20)6-12(14,15)16/h1-2,5,9,17H,3-4,6H2. The van der Waals surface area contributed by atoms with E-state index in [1.54, 1.807) is 6.07 Å². The molecule has 1 atom stereocenters. The molecule has 0 aliphatic carbocycles. The molecule has 120 valence electrons. The van der Waals surface area contributed by atoms with Crippen LogP contribution in [0.3, 0.4) is 0 Å². The van der Waals surface area contributed by atoms with Gasteiger partial charge in [0, 0.05) is 17.1 Å². The molecule has 1 aliphatic rings. The number of hydrogen-bond donors (Lipinski definition) is 1. The van der Waals surface area contributed by atoms with E-state index in [4.69, 9.17) is 0 Å². The lowest BCUT2D eigenvalue weighted by Crippen LogP contribution is -2.39. The zero-order valence-electron chi connectivity index (χ0n) is 11.1. The molecule has 0 aromatic heterocycles. The number of anilines is 1. The summed E-state index contributed by atoms with van der Waals surface area (Å²) in [5.74, 6) is -0.713. The first kappa shape index (κ1) is 16.5. The fraction of sp³-hybridized carbons (Fsp3) is 0.417. The van der Waals surface area contributed by atoms with Crippen LogP contribution in [0.5, 0.6) is 0 Å². The molecule has 1 heterocycles. The van der Waals surface area contributed by atoms with E-state index in [-0.39, 0.29) is 24.3 Å². The highest BCUT2D eigenvalue weighted by molar-refractivity contribution is 9.10. The van der Waals surface area contributed by atoms with Gasteiger partial charge < -0.3 is 10.2 Å². The van der Waals surface area contributed by atoms with Crippen LogP contribution in [0.15, 0.2) is 22.7 Å². The van der Waals surface area contributed by atoms with Crippen LogP contribution in [-0.2, 0) is 4.79 Å². The van der Waals surface area contributed by atoms with Crippen LogP contribution >= 0.6 is 15.9 Å². The molecule has 1 amide bonds. The molecule has 1 unspecified atom stereocenters. The Balaban J connectivity index is 2.13. The van der Waals surface area contributed by atoms with Crippen molar-refractivity contribution in [2.75, 3.05) is 18.4 Å². The number of halogens is 4. The third-order valence-corrected chi connectivity index (χ3v) is 3.65. The Bertz CT molecular complexity index is 609. The number of alkyl halides is 3. The van der Waals surface area contributed by atoms with Crippen molar-refractivity contribution in [3.05, 3.63) is 32.8 Å². The number of nitro groups is 1. The molecule has 0 saturated carbocycles. The van der Waals surface area contributed by atoms with Gasteiger partial charge in [-0.2, -0.15) is 13.2 Å². The largest absolute Gasteiger partial charge is 0.406 e. The number of likely N-dealkylation sites (tertiary alicyclic amines) is 1. The van der Waals surface area contributed by atoms with Crippen molar-refractivity contribution < 1.29 is 22.9 Å². The van der Waals surface area contributed by atoms with E-state index >= 15 is 0 Å². The molecule has 22 heavy (non-hydrogen) atoms. The van der Waals surface area contributed by atoms with Gasteiger partial charge in [-0.1, -0.05) is 15.9 Å². The first-order valence-corrected chi connectivity index (χ1v) is 7.03. The quantitative estimate of drug-likeness (QED) is 0.642. The third kappa shape index (κ3) is 3.87. The van der Waals surface area contributed by atoms with Crippen molar-refractivity contribution in [2.45, 2.75) is 18.6 Å². The lowest BCUT2D eigenvalue weighted by molar-refractivity contribution is -0.384. The number of nitrogens with one attached hydrogen (secondary N) is 1. The first-order chi connectivity index (χ1) is 10.2. The number of amides is 1. The van der Waals surface area contributed by atoms with Crippen LogP contribution in [0.1, 0.15) is 6.42 Å². The first-order valence-electron chi connectivity index (χ1n) is 6.23. The van der Waals surface area contributed by atoms with Crippen LogP contribution in [0.25, 0.3) is 0 Å². The second kappa shape index (κ2) is 6.11. The number of hydrogen-bond acceptors (Lipinski definition) is 4. The number of nitro benzene ring substituents is 1. The van der Waals surface area contributed by atoms with E-state index < -0.39 is 29.6 Å². The number of nitrogens with zero attached hydrogens (tertiary/aromatic N) is 2. The maximum atomic E-state index is 12.3. The summed E-state index contributed by atoms with van der Waals surface area (Å²) in [4.78, 5) is 23.0. The topological polar surface area (TPSA) is 75.5 Å². The minimum Gasteiger partial charge on any atom is -0.368 e. The van der Waals surface area contributed by atoms with Crippen molar-refractivity contribution in [3.63, 3.8) is 0 Å². The van der Waals surface area contributed by atoms with Gasteiger partial charge in [-0.15, -0.1) is 0 Å². The Morgan fingerprint density at radius 3 is 2.73 bits per heavy atom. The van der Waals surface area contributed by atoms with Crippen molar-refractivity contribution in [3.8, 4) is 0 Å². The average Bonchev–Trinajstić information content (AvgIpc) is 2.71. The predicted molar refractivity (Wildman–Crippen MR) is 75.5 cm³/mol. The second-order valence-corrected chi connectivity index (χ2v) is 5.69. The summed E-state index contributed by atoms with van der Waals surface area (Å²) in [7, 11) is 0. The zero-order valence-corrected chi connectivity index (χ0v) is 12.6. The molecule has 6 nitrogen and oxygen atoms in total. The van der Waals surface area contributed by atoms with E-state index in [0.717, 1.165) is 0 Å². The van der Waals surface area contributed by atoms with Gasteiger partial charge in [0.15, 0.2) is 0 Å². The van der Waals surface area contributed by atoms with Crippen LogP contribution in [0, 0.1) is 10.1 Å². The number of carbonyl (C=O) groups excluding carboxylic acids is 1. The monoisotopic (exact) mass is 381 g/mol. The summed E-state index contributed by atoms with van der Waals surface area (Å²) in [6.07, 6.45) is -4.31. The fourth-order valence-electron chi connectivity index (χ4n) is 2.21. The van der Waals surface area contributed by atoms with Crippen molar-refractivity contribution in [1.82, 2.24) is 4.90 Å². The summed E-state index contributed by atoms with van der Waals surface area (Å²) < 4.78 is 37.5. The molecule has 1 fully saturated rings. The molecular formula is C12H11BrF3N3O3. The van der Waals surface area contributed by atoms with E-state index in [9.17, 15) is 28.1 Å². The van der Waals surface area contributed by atoms with Crippen molar-refractivity contribution in [1.29, 1.82) is 0 Å². The predicted octanol–water partition coefficient (Wildman–Crippen LogP) is 2.93. The van der Waals surface area contributed by atoms with Gasteiger partial charge in [0.25, 0.3) is 5.69 Å². The maximum Gasteiger partial charge on any atom is 0.406 e. The summed E-state index contributed by atoms with van der Waals surface area (Å²) >= 11 is 3.10. The van der Waals surface area contributed by atoms with Gasteiger partial charge in [0.1, 0.15) is 18.3 Å². The maximum absolute atomic E-state index is 12.3. The van der Waals surface area contributed by atoms with E-state index in [1.165, 1.54) is 12.1 Å². The fourth-order valence-corrected chi connectivity index (χ4v) is 2.56. The van der Waals surface area contributed by atoms with E-state index in [2.05, 4.69) is 21.2 Å². The van der Waals surface area contributed by atoms with E-state index in [0.29, 0.717) is 9.37 Å². The van der Waals surface area contributed by atoms with Crippen LogP contribution in [0.2, 0.25) is 0 Å². The average molecular weight is 382 g/mol. The van der Waals surface area contributed by atoms with Gasteiger partial charge in [-0.05, 0) is 18.6 Å². The summed E-state index contributed by atoms with van der Waals surface area (Å²) in [5.41, 5.74) is -0.156. The second-order valence-electron chi connectivity index (χ2n) is 4.78. The van der Waals surface area contributed by atoms with E-state index in [1.807, 2.05) is 0 Å². The van der Waals surface area contributed by atoms with Gasteiger partial charge in [0.05, 0.1) is 4.92 Å². The Labute approximate surface area is 131 Å². The lowest BCUT2D eigenvalue weighted by Gasteiger charge is -2.19. The molecule has 1 saturated heterocycles. The molecule has 0 spiro atoms. The summed E-state index contributed by atoms with van der Waals surface area (Å²) in [5, 5.41) is 13.6. The minimum absolute atomic E-state index is 0.0413. The van der Waals surface area contributed by atoms with Crippen molar-refractivity contribution >= 4 is 33.2 Å². The highest BCUT2D eigenvalue weighted by Crippen LogP contribution is 2.30. The molecule has 1 aliphatic heterocycles. The highest BCUT2D eigenvalue weighted by atomic mass is 79.9. The number of carbonyl (C=O) groups is 1. The number of rotatable bonds is 4. The van der Waals surface area contributed by atoms with Gasteiger partial charge in [-0.25, -0.2) is 0 Å². The normalized spacial score (nSPS) is 18.6. The molecule has 1 N–H and O–H groups in total. The molecule has 10 heteroatoms. The van der Waals surface area contributed by atoms with Gasteiger partial charge in [0.2, 0.25) is 5.91 Å². The Kier molecular flexibility index (Phi) is 4.59. The molecule has 0 radical (unpaired) electrons.